The summed E-state index contributed by atoms with van der Waals surface area (Å²) in [6.07, 6.45) is 1.54. The van der Waals surface area contributed by atoms with Crippen LogP contribution in [0.15, 0.2) is 22.8 Å². The van der Waals surface area contributed by atoms with Crippen LogP contribution in [0.1, 0.15) is 12.7 Å². The Balaban J connectivity index is 2.34. The van der Waals surface area contributed by atoms with Gasteiger partial charge in [-0.15, -0.1) is 0 Å². The minimum absolute atomic E-state index is 0.253. The van der Waals surface area contributed by atoms with Crippen LogP contribution in [0.4, 0.5) is 4.79 Å². The Hall–Kier alpha value is -1.98. The SMILES string of the molecule is C[C@H](NC(=O)N(C)C)C(=O)NCc1ccco1. The molecule has 0 aromatic carbocycles. The largest absolute Gasteiger partial charge is 0.467 e. The lowest BCUT2D eigenvalue weighted by molar-refractivity contribution is -0.122. The van der Waals surface area contributed by atoms with E-state index < -0.39 is 6.04 Å². The second kappa shape index (κ2) is 5.93. The molecule has 17 heavy (non-hydrogen) atoms. The van der Waals surface area contributed by atoms with Crippen LogP contribution in [0.5, 0.6) is 0 Å². The number of carbonyl (C=O) groups excluding carboxylic acids is 2. The van der Waals surface area contributed by atoms with Gasteiger partial charge < -0.3 is 20.0 Å². The van der Waals surface area contributed by atoms with E-state index in [0.717, 1.165) is 0 Å². The first-order valence-electron chi connectivity index (χ1n) is 5.28. The summed E-state index contributed by atoms with van der Waals surface area (Å²) >= 11 is 0. The Morgan fingerprint density at radius 1 is 1.47 bits per heavy atom. The molecule has 1 rings (SSSR count). The Morgan fingerprint density at radius 3 is 2.71 bits per heavy atom. The van der Waals surface area contributed by atoms with Crippen LogP contribution < -0.4 is 10.6 Å². The number of hydrogen-bond acceptors (Lipinski definition) is 3. The fourth-order valence-corrected chi connectivity index (χ4v) is 1.12. The number of urea groups is 1. The van der Waals surface area contributed by atoms with E-state index >= 15 is 0 Å². The van der Waals surface area contributed by atoms with E-state index in [0.29, 0.717) is 12.3 Å². The van der Waals surface area contributed by atoms with Crippen LogP contribution in [0.25, 0.3) is 0 Å². The molecule has 0 fully saturated rings. The van der Waals surface area contributed by atoms with E-state index in [-0.39, 0.29) is 11.9 Å². The van der Waals surface area contributed by atoms with Gasteiger partial charge in [-0.3, -0.25) is 4.79 Å². The number of carbonyl (C=O) groups is 2. The Labute approximate surface area is 100.0 Å². The van der Waals surface area contributed by atoms with Crippen LogP contribution >= 0.6 is 0 Å². The normalized spacial score (nSPS) is 11.7. The van der Waals surface area contributed by atoms with Crippen molar-refractivity contribution < 1.29 is 14.0 Å². The van der Waals surface area contributed by atoms with Crippen LogP contribution in [0.3, 0.4) is 0 Å². The average Bonchev–Trinajstić information content (AvgIpc) is 2.78. The molecule has 1 atom stereocenters. The van der Waals surface area contributed by atoms with Gasteiger partial charge in [0.25, 0.3) is 0 Å². The molecule has 6 heteroatoms. The van der Waals surface area contributed by atoms with Crippen LogP contribution in [0.2, 0.25) is 0 Å². The maximum Gasteiger partial charge on any atom is 0.317 e. The molecule has 0 bridgehead atoms. The van der Waals surface area contributed by atoms with Crippen molar-refractivity contribution in [2.75, 3.05) is 14.1 Å². The van der Waals surface area contributed by atoms with E-state index in [9.17, 15) is 9.59 Å². The maximum absolute atomic E-state index is 11.6. The summed E-state index contributed by atoms with van der Waals surface area (Å²) in [6, 6.07) is 2.63. The molecule has 1 aromatic rings. The van der Waals surface area contributed by atoms with E-state index in [1.54, 1.807) is 39.4 Å². The lowest BCUT2D eigenvalue weighted by atomic mass is 10.3. The standard InChI is InChI=1S/C11H17N3O3/c1-8(13-11(16)14(2)3)10(15)12-7-9-5-4-6-17-9/h4-6,8H,7H2,1-3H3,(H,12,15)(H,13,16)/t8-/m0/s1. The summed E-state index contributed by atoms with van der Waals surface area (Å²) in [5.41, 5.74) is 0. The Bertz CT molecular complexity index is 373. The molecular formula is C11H17N3O3. The molecule has 0 saturated heterocycles. The van der Waals surface area contributed by atoms with Gasteiger partial charge in [-0.25, -0.2) is 4.79 Å². The highest BCUT2D eigenvalue weighted by Crippen LogP contribution is 1.98. The van der Waals surface area contributed by atoms with Crippen molar-refractivity contribution in [1.29, 1.82) is 0 Å². The highest BCUT2D eigenvalue weighted by atomic mass is 16.3. The number of hydrogen-bond donors (Lipinski definition) is 2. The van der Waals surface area contributed by atoms with Crippen molar-refractivity contribution in [2.45, 2.75) is 19.5 Å². The molecule has 1 aromatic heterocycles. The fourth-order valence-electron chi connectivity index (χ4n) is 1.12. The Morgan fingerprint density at radius 2 is 2.18 bits per heavy atom. The third kappa shape index (κ3) is 4.18. The number of amides is 3. The van der Waals surface area contributed by atoms with Crippen molar-refractivity contribution in [1.82, 2.24) is 15.5 Å². The monoisotopic (exact) mass is 239 g/mol. The van der Waals surface area contributed by atoms with Gasteiger partial charge in [-0.1, -0.05) is 0 Å². The summed E-state index contributed by atoms with van der Waals surface area (Å²) in [7, 11) is 3.23. The number of nitrogens with one attached hydrogen (secondary N) is 2. The zero-order valence-electron chi connectivity index (χ0n) is 10.2. The second-order valence-electron chi connectivity index (χ2n) is 3.86. The molecule has 0 spiro atoms. The van der Waals surface area contributed by atoms with Crippen molar-refractivity contribution >= 4 is 11.9 Å². The highest BCUT2D eigenvalue weighted by Gasteiger charge is 2.16. The summed E-state index contributed by atoms with van der Waals surface area (Å²) < 4.78 is 5.07. The third-order valence-electron chi connectivity index (χ3n) is 2.16. The first kappa shape index (κ1) is 13.1. The lowest BCUT2D eigenvalue weighted by Crippen LogP contribution is -2.47. The first-order valence-corrected chi connectivity index (χ1v) is 5.28. The molecule has 1 heterocycles. The molecule has 94 valence electrons. The topological polar surface area (TPSA) is 74.6 Å². The molecule has 0 unspecified atom stereocenters. The first-order chi connectivity index (χ1) is 8.00. The molecule has 2 N–H and O–H groups in total. The van der Waals surface area contributed by atoms with Gasteiger partial charge in [0, 0.05) is 14.1 Å². The zero-order valence-corrected chi connectivity index (χ0v) is 10.2. The van der Waals surface area contributed by atoms with Gasteiger partial charge in [0.05, 0.1) is 12.8 Å². The van der Waals surface area contributed by atoms with Crippen molar-refractivity contribution in [3.63, 3.8) is 0 Å². The summed E-state index contributed by atoms with van der Waals surface area (Å²) in [6.45, 7) is 1.94. The number of rotatable bonds is 4. The molecule has 0 aliphatic heterocycles. The van der Waals surface area contributed by atoms with Crippen LogP contribution in [-0.4, -0.2) is 37.0 Å². The highest BCUT2D eigenvalue weighted by molar-refractivity contribution is 5.86. The molecule has 3 amide bonds. The average molecular weight is 239 g/mol. The fraction of sp³-hybridized carbons (Fsp3) is 0.455. The number of furan rings is 1. The minimum atomic E-state index is -0.583. The predicted octanol–water partition coefficient (Wildman–Crippen LogP) is 0.556. The molecule has 0 aliphatic rings. The van der Waals surface area contributed by atoms with E-state index in [1.807, 2.05) is 0 Å². The summed E-state index contributed by atoms with van der Waals surface area (Å²) in [5, 5.41) is 5.22. The quantitative estimate of drug-likeness (QED) is 0.806. The van der Waals surface area contributed by atoms with E-state index in [1.165, 1.54) is 4.90 Å². The van der Waals surface area contributed by atoms with Gasteiger partial charge in [-0.2, -0.15) is 0 Å². The summed E-state index contributed by atoms with van der Waals surface area (Å²) in [4.78, 5) is 24.3. The van der Waals surface area contributed by atoms with Crippen molar-refractivity contribution in [3.8, 4) is 0 Å². The third-order valence-corrected chi connectivity index (χ3v) is 2.16. The van der Waals surface area contributed by atoms with Gasteiger partial charge in [0.1, 0.15) is 11.8 Å². The smallest absolute Gasteiger partial charge is 0.317 e. The minimum Gasteiger partial charge on any atom is -0.467 e. The molecule has 6 nitrogen and oxygen atoms in total. The second-order valence-corrected chi connectivity index (χ2v) is 3.86. The molecule has 0 aliphatic carbocycles. The van der Waals surface area contributed by atoms with Crippen molar-refractivity contribution in [2.24, 2.45) is 0 Å². The molecular weight excluding hydrogens is 222 g/mol. The zero-order chi connectivity index (χ0) is 12.8. The summed E-state index contributed by atoms with van der Waals surface area (Å²) in [5.74, 6) is 0.418. The number of nitrogens with zero attached hydrogens (tertiary/aromatic N) is 1. The van der Waals surface area contributed by atoms with Gasteiger partial charge in [0.2, 0.25) is 5.91 Å². The predicted molar refractivity (Wildman–Crippen MR) is 62.2 cm³/mol. The van der Waals surface area contributed by atoms with Gasteiger partial charge >= 0.3 is 6.03 Å². The van der Waals surface area contributed by atoms with E-state index in [2.05, 4.69) is 10.6 Å². The van der Waals surface area contributed by atoms with Gasteiger partial charge in [0.15, 0.2) is 0 Å². The molecule has 0 saturated carbocycles. The molecule has 0 radical (unpaired) electrons. The lowest BCUT2D eigenvalue weighted by Gasteiger charge is -2.17. The van der Waals surface area contributed by atoms with Crippen molar-refractivity contribution in [3.05, 3.63) is 24.2 Å². The van der Waals surface area contributed by atoms with Gasteiger partial charge in [-0.05, 0) is 19.1 Å². The van der Waals surface area contributed by atoms with Crippen LogP contribution in [0, 0.1) is 0 Å². The van der Waals surface area contributed by atoms with Crippen LogP contribution in [-0.2, 0) is 11.3 Å². The van der Waals surface area contributed by atoms with E-state index in [4.69, 9.17) is 4.42 Å². The Kier molecular flexibility index (Phi) is 4.56. The maximum atomic E-state index is 11.6.